The zero-order valence-corrected chi connectivity index (χ0v) is 13.4. The molecule has 1 heterocycles. The number of hydrogen-bond donors (Lipinski definition) is 1. The van der Waals surface area contributed by atoms with Crippen molar-refractivity contribution in [1.29, 1.82) is 0 Å². The van der Waals surface area contributed by atoms with Gasteiger partial charge in [0.2, 0.25) is 0 Å². The van der Waals surface area contributed by atoms with Crippen molar-refractivity contribution in [2.24, 2.45) is 5.92 Å². The first-order chi connectivity index (χ1) is 10.6. The molecule has 2 atom stereocenters. The van der Waals surface area contributed by atoms with E-state index in [4.69, 9.17) is 11.6 Å². The maximum absolute atomic E-state index is 11.3. The van der Waals surface area contributed by atoms with Gasteiger partial charge in [-0.25, -0.2) is 9.67 Å². The predicted octanol–water partition coefficient (Wildman–Crippen LogP) is 3.57. The molecule has 116 valence electrons. The molecule has 1 fully saturated rings. The number of halogens is 1. The van der Waals surface area contributed by atoms with Gasteiger partial charge in [-0.1, -0.05) is 36.7 Å². The molecule has 3 rings (SSSR count). The zero-order valence-electron chi connectivity index (χ0n) is 12.6. The largest absolute Gasteiger partial charge is 0.383 e. The molecular formula is C17H20ClN3O. The molecule has 2 unspecified atom stereocenters. The number of aromatic nitrogens is 3. The fraction of sp³-hybridized carbons (Fsp3) is 0.412. The van der Waals surface area contributed by atoms with Gasteiger partial charge in [0, 0.05) is 5.02 Å². The van der Waals surface area contributed by atoms with Crippen LogP contribution in [0.1, 0.15) is 31.7 Å². The van der Waals surface area contributed by atoms with Crippen LogP contribution in [0, 0.1) is 5.92 Å². The van der Waals surface area contributed by atoms with Crippen LogP contribution in [0.25, 0.3) is 6.08 Å². The Kier molecular flexibility index (Phi) is 4.32. The molecule has 1 aromatic heterocycles. The predicted molar refractivity (Wildman–Crippen MR) is 87.4 cm³/mol. The van der Waals surface area contributed by atoms with Crippen molar-refractivity contribution >= 4 is 17.7 Å². The smallest absolute Gasteiger partial charge is 0.137 e. The Bertz CT molecular complexity index is 651. The van der Waals surface area contributed by atoms with Gasteiger partial charge in [0.15, 0.2) is 0 Å². The van der Waals surface area contributed by atoms with Gasteiger partial charge in [-0.3, -0.25) is 0 Å². The highest BCUT2D eigenvalue weighted by molar-refractivity contribution is 6.30. The van der Waals surface area contributed by atoms with E-state index in [2.05, 4.69) is 23.1 Å². The highest BCUT2D eigenvalue weighted by Crippen LogP contribution is 2.40. The molecule has 0 amide bonds. The quantitative estimate of drug-likeness (QED) is 0.941. The van der Waals surface area contributed by atoms with Gasteiger partial charge in [0.1, 0.15) is 18.3 Å². The molecule has 0 aliphatic heterocycles. The van der Waals surface area contributed by atoms with Crippen LogP contribution in [0.3, 0.4) is 0 Å². The van der Waals surface area contributed by atoms with Crippen LogP contribution in [-0.2, 0) is 6.54 Å². The third-order valence-electron chi connectivity index (χ3n) is 4.54. The number of hydrogen-bond acceptors (Lipinski definition) is 3. The molecule has 22 heavy (non-hydrogen) atoms. The van der Waals surface area contributed by atoms with E-state index in [9.17, 15) is 5.11 Å². The summed E-state index contributed by atoms with van der Waals surface area (Å²) in [5.41, 5.74) is 1.24. The van der Waals surface area contributed by atoms with Crippen LogP contribution in [0.4, 0.5) is 0 Å². The number of aliphatic hydroxyl groups is 1. The van der Waals surface area contributed by atoms with Gasteiger partial charge in [-0.05, 0) is 48.4 Å². The zero-order chi connectivity index (χ0) is 15.6. The van der Waals surface area contributed by atoms with Gasteiger partial charge < -0.3 is 5.11 Å². The minimum Gasteiger partial charge on any atom is -0.383 e. The molecular weight excluding hydrogens is 298 g/mol. The summed E-state index contributed by atoms with van der Waals surface area (Å²) < 4.78 is 1.71. The van der Waals surface area contributed by atoms with E-state index >= 15 is 0 Å². The lowest BCUT2D eigenvalue weighted by atomic mass is 9.72. The summed E-state index contributed by atoms with van der Waals surface area (Å²) in [6.07, 6.45) is 8.25. The number of benzene rings is 1. The van der Waals surface area contributed by atoms with Gasteiger partial charge in [-0.2, -0.15) is 5.10 Å². The number of rotatable bonds is 3. The van der Waals surface area contributed by atoms with Crippen LogP contribution in [0.5, 0.6) is 0 Å². The van der Waals surface area contributed by atoms with E-state index in [1.54, 1.807) is 11.0 Å². The van der Waals surface area contributed by atoms with Gasteiger partial charge in [0.25, 0.3) is 0 Å². The second kappa shape index (κ2) is 6.23. The van der Waals surface area contributed by atoms with Crippen molar-refractivity contribution in [2.45, 2.75) is 38.3 Å². The Balaban J connectivity index is 1.93. The maximum atomic E-state index is 11.3. The molecule has 1 saturated carbocycles. The van der Waals surface area contributed by atoms with Crippen LogP contribution >= 0.6 is 11.6 Å². The summed E-state index contributed by atoms with van der Waals surface area (Å²) >= 11 is 5.94. The average molecular weight is 318 g/mol. The summed E-state index contributed by atoms with van der Waals surface area (Å²) in [5.74, 6) is 0.184. The van der Waals surface area contributed by atoms with Gasteiger partial charge in [-0.15, -0.1) is 0 Å². The average Bonchev–Trinajstić information content (AvgIpc) is 2.99. The van der Waals surface area contributed by atoms with Crippen molar-refractivity contribution < 1.29 is 5.11 Å². The third kappa shape index (κ3) is 3.08. The monoisotopic (exact) mass is 317 g/mol. The molecule has 1 aliphatic rings. The van der Waals surface area contributed by atoms with E-state index in [1.165, 1.54) is 6.33 Å². The Morgan fingerprint density at radius 3 is 2.86 bits per heavy atom. The normalized spacial score (nSPS) is 27.2. The standard InChI is InChI=1S/C17H20ClN3O/c1-13-3-2-4-15(9-14-5-7-16(18)8-6-14)17(13,22)10-21-12-19-11-20-21/h5-9,11-13,22H,2-4,10H2,1H3/b15-9-. The molecule has 2 aromatic rings. The lowest BCUT2D eigenvalue weighted by Gasteiger charge is -2.40. The molecule has 0 saturated heterocycles. The summed E-state index contributed by atoms with van der Waals surface area (Å²) in [5, 5.41) is 16.2. The first-order valence-corrected chi connectivity index (χ1v) is 7.97. The Labute approximate surface area is 135 Å². The molecule has 5 heteroatoms. The third-order valence-corrected chi connectivity index (χ3v) is 4.79. The van der Waals surface area contributed by atoms with Crippen molar-refractivity contribution in [1.82, 2.24) is 14.8 Å². The highest BCUT2D eigenvalue weighted by Gasteiger charge is 2.40. The second-order valence-corrected chi connectivity index (χ2v) is 6.47. The van der Waals surface area contributed by atoms with Gasteiger partial charge in [0.05, 0.1) is 6.54 Å². The van der Waals surface area contributed by atoms with Crippen molar-refractivity contribution in [2.75, 3.05) is 0 Å². The molecule has 1 aliphatic carbocycles. The van der Waals surface area contributed by atoms with E-state index in [-0.39, 0.29) is 5.92 Å². The molecule has 4 nitrogen and oxygen atoms in total. The SMILES string of the molecule is CC1CCC/C(=C/c2ccc(Cl)cc2)C1(O)Cn1cncn1. The van der Waals surface area contributed by atoms with Crippen LogP contribution in [-0.4, -0.2) is 25.5 Å². The summed E-state index contributed by atoms with van der Waals surface area (Å²) in [7, 11) is 0. The fourth-order valence-corrected chi connectivity index (χ4v) is 3.27. The fourth-order valence-electron chi connectivity index (χ4n) is 3.15. The van der Waals surface area contributed by atoms with Crippen LogP contribution in [0.2, 0.25) is 5.02 Å². The Hall–Kier alpha value is -1.65. The minimum absolute atomic E-state index is 0.184. The van der Waals surface area contributed by atoms with Crippen molar-refractivity contribution in [3.63, 3.8) is 0 Å². The summed E-state index contributed by atoms with van der Waals surface area (Å²) in [4.78, 5) is 3.97. The maximum Gasteiger partial charge on any atom is 0.137 e. The molecule has 0 bridgehead atoms. The van der Waals surface area contributed by atoms with E-state index in [1.807, 2.05) is 24.3 Å². The van der Waals surface area contributed by atoms with E-state index in [0.717, 1.165) is 35.4 Å². The van der Waals surface area contributed by atoms with Crippen LogP contribution < -0.4 is 0 Å². The number of nitrogens with zero attached hydrogens (tertiary/aromatic N) is 3. The van der Waals surface area contributed by atoms with Gasteiger partial charge >= 0.3 is 0 Å². The van der Waals surface area contributed by atoms with Crippen LogP contribution in [0.15, 0.2) is 42.5 Å². The molecule has 0 spiro atoms. The summed E-state index contributed by atoms with van der Waals surface area (Å²) in [6, 6.07) is 7.70. The topological polar surface area (TPSA) is 50.9 Å². The lowest BCUT2D eigenvalue weighted by molar-refractivity contribution is -0.0126. The minimum atomic E-state index is -0.883. The molecule has 0 radical (unpaired) electrons. The Morgan fingerprint density at radius 1 is 1.41 bits per heavy atom. The van der Waals surface area contributed by atoms with E-state index < -0.39 is 5.60 Å². The summed E-state index contributed by atoms with van der Waals surface area (Å²) in [6.45, 7) is 2.54. The van der Waals surface area contributed by atoms with Crippen molar-refractivity contribution in [3.05, 3.63) is 53.1 Å². The lowest BCUT2D eigenvalue weighted by Crippen LogP contribution is -2.45. The first kappa shape index (κ1) is 15.3. The molecule has 1 aromatic carbocycles. The second-order valence-electron chi connectivity index (χ2n) is 6.03. The Morgan fingerprint density at radius 2 is 2.18 bits per heavy atom. The highest BCUT2D eigenvalue weighted by atomic mass is 35.5. The van der Waals surface area contributed by atoms with Crippen molar-refractivity contribution in [3.8, 4) is 0 Å². The molecule has 1 N–H and O–H groups in total. The van der Waals surface area contributed by atoms with E-state index in [0.29, 0.717) is 6.54 Å². The first-order valence-electron chi connectivity index (χ1n) is 7.59.